The van der Waals surface area contributed by atoms with Gasteiger partial charge in [-0.3, -0.25) is 0 Å². The van der Waals surface area contributed by atoms with Gasteiger partial charge < -0.3 is 19.9 Å². The molecule has 0 aromatic heterocycles. The summed E-state index contributed by atoms with van der Waals surface area (Å²) < 4.78 is 30.2. The predicted molar refractivity (Wildman–Crippen MR) is 78.6 cm³/mol. The normalized spacial score (nSPS) is 11.9. The van der Waals surface area contributed by atoms with E-state index in [2.05, 4.69) is 0 Å². The van der Waals surface area contributed by atoms with Crippen LogP contribution in [-0.4, -0.2) is 14.2 Å². The first-order chi connectivity index (χ1) is 10.1. The summed E-state index contributed by atoms with van der Waals surface area (Å²) in [6.07, 6.45) is 0. The lowest BCUT2D eigenvalue weighted by Crippen LogP contribution is -2.05. The lowest BCUT2D eigenvalue weighted by Gasteiger charge is -2.15. The highest BCUT2D eigenvalue weighted by atomic mass is 19.1. The van der Waals surface area contributed by atoms with Gasteiger partial charge in [0.2, 0.25) is 5.75 Å². The molecular weight excluding hydrogens is 273 g/mol. The van der Waals surface area contributed by atoms with Crippen molar-refractivity contribution in [2.75, 3.05) is 14.2 Å². The first-order valence-electron chi connectivity index (χ1n) is 6.50. The van der Waals surface area contributed by atoms with Crippen molar-refractivity contribution in [2.45, 2.75) is 13.0 Å². The number of methoxy groups -OCH3 is 2. The third-order valence-corrected chi connectivity index (χ3v) is 3.08. The molecule has 21 heavy (non-hydrogen) atoms. The van der Waals surface area contributed by atoms with Crippen molar-refractivity contribution in [3.8, 4) is 23.0 Å². The highest BCUT2D eigenvalue weighted by Crippen LogP contribution is 2.40. The second-order valence-electron chi connectivity index (χ2n) is 4.57. The molecule has 2 N–H and O–H groups in total. The number of rotatable bonds is 5. The second-order valence-corrected chi connectivity index (χ2v) is 4.57. The number of benzene rings is 2. The van der Waals surface area contributed by atoms with Gasteiger partial charge >= 0.3 is 0 Å². The summed E-state index contributed by atoms with van der Waals surface area (Å²) in [6.45, 7) is 1.79. The van der Waals surface area contributed by atoms with E-state index in [-0.39, 0.29) is 11.8 Å². The van der Waals surface area contributed by atoms with E-state index >= 15 is 0 Å². The molecule has 0 amide bonds. The molecular formula is C16H18FNO3. The fraction of sp³-hybridized carbons (Fsp3) is 0.250. The Bertz CT molecular complexity index is 607. The molecule has 5 heteroatoms. The maximum Gasteiger partial charge on any atom is 0.211 e. The molecule has 0 unspecified atom stereocenters. The molecule has 1 atom stereocenters. The van der Waals surface area contributed by atoms with Crippen molar-refractivity contribution >= 4 is 0 Å². The first kappa shape index (κ1) is 15.1. The van der Waals surface area contributed by atoms with Crippen LogP contribution >= 0.6 is 0 Å². The summed E-state index contributed by atoms with van der Waals surface area (Å²) in [5.74, 6) is 0.852. The van der Waals surface area contributed by atoms with Crippen molar-refractivity contribution < 1.29 is 18.6 Å². The quantitative estimate of drug-likeness (QED) is 0.913. The number of halogens is 1. The van der Waals surface area contributed by atoms with Crippen molar-refractivity contribution in [2.24, 2.45) is 5.73 Å². The van der Waals surface area contributed by atoms with Crippen LogP contribution in [0.5, 0.6) is 23.0 Å². The SMILES string of the molecule is COc1cccc(OC)c1Oc1ccc([C@H](C)N)cc1F. The number of ether oxygens (including phenoxy) is 3. The van der Waals surface area contributed by atoms with E-state index in [9.17, 15) is 4.39 Å². The minimum atomic E-state index is -0.488. The van der Waals surface area contributed by atoms with Gasteiger partial charge in [-0.05, 0) is 36.8 Å². The van der Waals surface area contributed by atoms with Crippen LogP contribution in [0.4, 0.5) is 4.39 Å². The molecule has 0 radical (unpaired) electrons. The molecule has 0 bridgehead atoms. The van der Waals surface area contributed by atoms with E-state index in [0.717, 1.165) is 0 Å². The van der Waals surface area contributed by atoms with Gasteiger partial charge in [-0.15, -0.1) is 0 Å². The summed E-state index contributed by atoms with van der Waals surface area (Å²) >= 11 is 0. The topological polar surface area (TPSA) is 53.7 Å². The van der Waals surface area contributed by atoms with Gasteiger partial charge in [0, 0.05) is 6.04 Å². The minimum absolute atomic E-state index is 0.0854. The Kier molecular flexibility index (Phi) is 4.65. The van der Waals surface area contributed by atoms with Crippen molar-refractivity contribution in [3.05, 3.63) is 47.8 Å². The zero-order chi connectivity index (χ0) is 15.4. The third kappa shape index (κ3) is 3.25. The lowest BCUT2D eigenvalue weighted by atomic mass is 10.1. The van der Waals surface area contributed by atoms with E-state index in [4.69, 9.17) is 19.9 Å². The second kappa shape index (κ2) is 6.45. The highest BCUT2D eigenvalue weighted by Gasteiger charge is 2.15. The number of hydrogen-bond acceptors (Lipinski definition) is 4. The molecule has 0 aliphatic carbocycles. The summed E-state index contributed by atoms with van der Waals surface area (Å²) in [7, 11) is 3.02. The van der Waals surface area contributed by atoms with Crippen molar-refractivity contribution in [3.63, 3.8) is 0 Å². The van der Waals surface area contributed by atoms with Gasteiger partial charge in [-0.2, -0.15) is 0 Å². The van der Waals surface area contributed by atoms with Crippen LogP contribution in [-0.2, 0) is 0 Å². The average molecular weight is 291 g/mol. The number of hydrogen-bond donors (Lipinski definition) is 1. The van der Waals surface area contributed by atoms with Gasteiger partial charge in [-0.25, -0.2) is 4.39 Å². The molecule has 2 aromatic rings. The Morgan fingerprint density at radius 1 is 1.00 bits per heavy atom. The Morgan fingerprint density at radius 2 is 1.62 bits per heavy atom. The van der Waals surface area contributed by atoms with Gasteiger partial charge in [0.1, 0.15) is 0 Å². The van der Waals surface area contributed by atoms with Crippen LogP contribution in [0.1, 0.15) is 18.5 Å². The first-order valence-corrected chi connectivity index (χ1v) is 6.50. The van der Waals surface area contributed by atoms with E-state index in [0.29, 0.717) is 22.8 Å². The van der Waals surface area contributed by atoms with Gasteiger partial charge in [0.05, 0.1) is 14.2 Å². The molecule has 0 aliphatic rings. The van der Waals surface area contributed by atoms with Crippen LogP contribution < -0.4 is 19.9 Å². The van der Waals surface area contributed by atoms with Gasteiger partial charge in [0.25, 0.3) is 0 Å². The average Bonchev–Trinajstić information content (AvgIpc) is 2.49. The molecule has 0 heterocycles. The van der Waals surface area contributed by atoms with Gasteiger partial charge in [0.15, 0.2) is 23.1 Å². The molecule has 4 nitrogen and oxygen atoms in total. The molecule has 2 aromatic carbocycles. The Morgan fingerprint density at radius 3 is 2.10 bits per heavy atom. The number of para-hydroxylation sites is 1. The summed E-state index contributed by atoms with van der Waals surface area (Å²) in [6, 6.07) is 9.58. The van der Waals surface area contributed by atoms with E-state index < -0.39 is 5.82 Å². The highest BCUT2D eigenvalue weighted by molar-refractivity contribution is 5.53. The Hall–Kier alpha value is -2.27. The summed E-state index contributed by atoms with van der Waals surface area (Å²) in [5.41, 5.74) is 6.43. The van der Waals surface area contributed by atoms with E-state index in [1.165, 1.54) is 20.3 Å². The summed E-state index contributed by atoms with van der Waals surface area (Å²) in [5, 5.41) is 0. The number of nitrogens with two attached hydrogens (primary N) is 1. The standard InChI is InChI=1S/C16H18FNO3/c1-10(18)11-7-8-13(12(17)9-11)21-16-14(19-2)5-4-6-15(16)20-3/h4-10H,18H2,1-3H3/t10-/m0/s1. The van der Waals surface area contributed by atoms with Crippen molar-refractivity contribution in [1.82, 2.24) is 0 Å². The molecule has 112 valence electrons. The predicted octanol–water partition coefficient (Wildman–Crippen LogP) is 3.65. The van der Waals surface area contributed by atoms with E-state index in [1.54, 1.807) is 37.3 Å². The Balaban J connectivity index is 2.38. The molecule has 2 rings (SSSR count). The van der Waals surface area contributed by atoms with Crippen LogP contribution in [0.25, 0.3) is 0 Å². The van der Waals surface area contributed by atoms with Crippen LogP contribution in [0.2, 0.25) is 0 Å². The third-order valence-electron chi connectivity index (χ3n) is 3.08. The zero-order valence-electron chi connectivity index (χ0n) is 12.2. The largest absolute Gasteiger partial charge is 0.493 e. The summed E-state index contributed by atoms with van der Waals surface area (Å²) in [4.78, 5) is 0. The van der Waals surface area contributed by atoms with E-state index in [1.807, 2.05) is 0 Å². The molecule has 0 spiro atoms. The van der Waals surface area contributed by atoms with Crippen LogP contribution in [0.3, 0.4) is 0 Å². The molecule has 0 fully saturated rings. The smallest absolute Gasteiger partial charge is 0.211 e. The zero-order valence-corrected chi connectivity index (χ0v) is 12.2. The molecule has 0 saturated heterocycles. The minimum Gasteiger partial charge on any atom is -0.493 e. The van der Waals surface area contributed by atoms with Gasteiger partial charge in [-0.1, -0.05) is 12.1 Å². The monoisotopic (exact) mass is 291 g/mol. The molecule has 0 saturated carbocycles. The van der Waals surface area contributed by atoms with Crippen molar-refractivity contribution in [1.29, 1.82) is 0 Å². The Labute approximate surface area is 123 Å². The fourth-order valence-electron chi connectivity index (χ4n) is 1.91. The van der Waals surface area contributed by atoms with Crippen LogP contribution in [0.15, 0.2) is 36.4 Å². The lowest BCUT2D eigenvalue weighted by molar-refractivity contribution is 0.339. The molecule has 0 aliphatic heterocycles. The fourth-order valence-corrected chi connectivity index (χ4v) is 1.91. The maximum atomic E-state index is 14.1. The van der Waals surface area contributed by atoms with Crippen LogP contribution in [0, 0.1) is 5.82 Å². The maximum absolute atomic E-state index is 14.1.